The number of nitrogens with zero attached hydrogens (tertiary/aromatic N) is 1. The lowest BCUT2D eigenvalue weighted by atomic mass is 10.1. The quantitative estimate of drug-likeness (QED) is 0.788. The van der Waals surface area contributed by atoms with Crippen LogP contribution >= 0.6 is 0 Å². The number of methoxy groups -OCH3 is 1. The second-order valence-electron chi connectivity index (χ2n) is 4.15. The van der Waals surface area contributed by atoms with E-state index >= 15 is 0 Å². The van der Waals surface area contributed by atoms with E-state index in [-0.39, 0.29) is 5.91 Å². The van der Waals surface area contributed by atoms with E-state index in [9.17, 15) is 4.79 Å². The molecule has 4 heteroatoms. The zero-order valence-corrected chi connectivity index (χ0v) is 10.2. The summed E-state index contributed by atoms with van der Waals surface area (Å²) in [5.41, 5.74) is 1.60. The molecule has 17 heavy (non-hydrogen) atoms. The van der Waals surface area contributed by atoms with E-state index in [1.165, 1.54) is 5.06 Å². The van der Waals surface area contributed by atoms with E-state index in [2.05, 4.69) is 0 Å². The second kappa shape index (κ2) is 5.19. The van der Waals surface area contributed by atoms with Gasteiger partial charge >= 0.3 is 0 Å². The van der Waals surface area contributed by atoms with Crippen LogP contribution in [0.15, 0.2) is 18.2 Å². The molecule has 4 nitrogen and oxygen atoms in total. The standard InChI is InChI=1S/C13H17NO3/c1-10-5-6-12(16-2)11(9-10)13(15)14-7-3-4-8-17-14/h5-6,9H,3-4,7-8H2,1-2H3. The molecule has 0 aromatic heterocycles. The molecular weight excluding hydrogens is 218 g/mol. The number of rotatable bonds is 2. The van der Waals surface area contributed by atoms with Gasteiger partial charge in [0.05, 0.1) is 19.3 Å². The van der Waals surface area contributed by atoms with Crippen LogP contribution in [0.5, 0.6) is 5.75 Å². The van der Waals surface area contributed by atoms with Crippen LogP contribution in [-0.2, 0) is 4.84 Å². The predicted octanol–water partition coefficient (Wildman–Crippen LogP) is 2.17. The van der Waals surface area contributed by atoms with Crippen molar-refractivity contribution >= 4 is 5.91 Å². The average molecular weight is 235 g/mol. The van der Waals surface area contributed by atoms with Gasteiger partial charge in [0.15, 0.2) is 0 Å². The molecule has 2 rings (SSSR count). The van der Waals surface area contributed by atoms with Crippen molar-refractivity contribution in [2.75, 3.05) is 20.3 Å². The summed E-state index contributed by atoms with van der Waals surface area (Å²) in [7, 11) is 1.57. The third kappa shape index (κ3) is 2.58. The zero-order valence-electron chi connectivity index (χ0n) is 10.2. The van der Waals surface area contributed by atoms with Crippen LogP contribution < -0.4 is 4.74 Å². The van der Waals surface area contributed by atoms with Crippen LogP contribution in [0.1, 0.15) is 28.8 Å². The average Bonchev–Trinajstić information content (AvgIpc) is 2.39. The number of benzene rings is 1. The summed E-state index contributed by atoms with van der Waals surface area (Å²) in [6, 6.07) is 5.57. The molecule has 1 amide bonds. The summed E-state index contributed by atoms with van der Waals surface area (Å²) < 4.78 is 5.21. The second-order valence-corrected chi connectivity index (χ2v) is 4.15. The van der Waals surface area contributed by atoms with Crippen molar-refractivity contribution in [1.82, 2.24) is 5.06 Å². The van der Waals surface area contributed by atoms with Crippen LogP contribution in [0.2, 0.25) is 0 Å². The Morgan fingerprint density at radius 1 is 1.41 bits per heavy atom. The highest BCUT2D eigenvalue weighted by molar-refractivity contribution is 5.96. The van der Waals surface area contributed by atoms with Crippen molar-refractivity contribution in [3.63, 3.8) is 0 Å². The van der Waals surface area contributed by atoms with Crippen molar-refractivity contribution in [2.24, 2.45) is 0 Å². The van der Waals surface area contributed by atoms with Gasteiger partial charge in [0.25, 0.3) is 5.91 Å². The molecule has 1 fully saturated rings. The van der Waals surface area contributed by atoms with E-state index < -0.39 is 0 Å². The normalized spacial score (nSPS) is 15.8. The summed E-state index contributed by atoms with van der Waals surface area (Å²) in [5.74, 6) is 0.472. The summed E-state index contributed by atoms with van der Waals surface area (Å²) in [6.07, 6.45) is 1.99. The fourth-order valence-corrected chi connectivity index (χ4v) is 1.88. The minimum absolute atomic E-state index is 0.120. The van der Waals surface area contributed by atoms with Crippen molar-refractivity contribution in [2.45, 2.75) is 19.8 Å². The monoisotopic (exact) mass is 235 g/mol. The molecule has 92 valence electrons. The van der Waals surface area contributed by atoms with Gasteiger partial charge in [-0.1, -0.05) is 11.6 Å². The van der Waals surface area contributed by atoms with Gasteiger partial charge in [-0.05, 0) is 31.9 Å². The largest absolute Gasteiger partial charge is 0.496 e. The summed E-state index contributed by atoms with van der Waals surface area (Å²) in [5, 5.41) is 1.43. The maximum absolute atomic E-state index is 12.3. The van der Waals surface area contributed by atoms with Crippen LogP contribution in [0.3, 0.4) is 0 Å². The number of ether oxygens (including phenoxy) is 1. The smallest absolute Gasteiger partial charge is 0.281 e. The fourth-order valence-electron chi connectivity index (χ4n) is 1.88. The van der Waals surface area contributed by atoms with Crippen molar-refractivity contribution in [3.05, 3.63) is 29.3 Å². The molecule has 0 bridgehead atoms. The molecule has 1 aliphatic rings. The van der Waals surface area contributed by atoms with Gasteiger partial charge < -0.3 is 4.74 Å². The number of carbonyl (C=O) groups is 1. The highest BCUT2D eigenvalue weighted by atomic mass is 16.7. The van der Waals surface area contributed by atoms with E-state index in [0.29, 0.717) is 24.5 Å². The first-order valence-electron chi connectivity index (χ1n) is 5.82. The SMILES string of the molecule is COc1ccc(C)cc1C(=O)N1CCCCO1. The minimum Gasteiger partial charge on any atom is -0.496 e. The number of hydrogen-bond donors (Lipinski definition) is 0. The topological polar surface area (TPSA) is 38.8 Å². The third-order valence-corrected chi connectivity index (χ3v) is 2.81. The Morgan fingerprint density at radius 3 is 2.88 bits per heavy atom. The number of aryl methyl sites for hydroxylation is 1. The van der Waals surface area contributed by atoms with E-state index in [1.807, 2.05) is 25.1 Å². The highest BCUT2D eigenvalue weighted by Gasteiger charge is 2.22. The highest BCUT2D eigenvalue weighted by Crippen LogP contribution is 2.22. The maximum atomic E-state index is 12.3. The summed E-state index contributed by atoms with van der Waals surface area (Å²) >= 11 is 0. The molecule has 1 heterocycles. The molecule has 0 aliphatic carbocycles. The maximum Gasteiger partial charge on any atom is 0.281 e. The van der Waals surface area contributed by atoms with Gasteiger partial charge in [-0.25, -0.2) is 5.06 Å². The molecular formula is C13H17NO3. The van der Waals surface area contributed by atoms with Gasteiger partial charge in [0, 0.05) is 6.54 Å². The third-order valence-electron chi connectivity index (χ3n) is 2.81. The van der Waals surface area contributed by atoms with Crippen LogP contribution in [-0.4, -0.2) is 31.2 Å². The van der Waals surface area contributed by atoms with E-state index in [0.717, 1.165) is 18.4 Å². The fraction of sp³-hybridized carbons (Fsp3) is 0.462. The lowest BCUT2D eigenvalue weighted by Crippen LogP contribution is -2.35. The lowest BCUT2D eigenvalue weighted by molar-refractivity contribution is -0.144. The Hall–Kier alpha value is -1.55. The minimum atomic E-state index is -0.120. The Morgan fingerprint density at radius 2 is 2.24 bits per heavy atom. The predicted molar refractivity (Wildman–Crippen MR) is 64.0 cm³/mol. The molecule has 0 atom stereocenters. The van der Waals surface area contributed by atoms with Crippen LogP contribution in [0, 0.1) is 6.92 Å². The first-order valence-corrected chi connectivity index (χ1v) is 5.82. The zero-order chi connectivity index (χ0) is 12.3. The Balaban J connectivity index is 2.25. The van der Waals surface area contributed by atoms with Gasteiger partial charge in [-0.2, -0.15) is 0 Å². The first kappa shape index (κ1) is 11.9. The van der Waals surface area contributed by atoms with Crippen molar-refractivity contribution < 1.29 is 14.4 Å². The number of carbonyl (C=O) groups excluding carboxylic acids is 1. The van der Waals surface area contributed by atoms with Crippen LogP contribution in [0.4, 0.5) is 0 Å². The summed E-state index contributed by atoms with van der Waals surface area (Å²) in [4.78, 5) is 17.6. The molecule has 0 spiro atoms. The molecule has 1 saturated heterocycles. The molecule has 1 aromatic rings. The summed E-state index contributed by atoms with van der Waals surface area (Å²) in [6.45, 7) is 3.21. The number of hydroxylamine groups is 2. The van der Waals surface area contributed by atoms with Crippen molar-refractivity contribution in [3.8, 4) is 5.75 Å². The number of amides is 1. The number of hydrogen-bond acceptors (Lipinski definition) is 3. The van der Waals surface area contributed by atoms with Gasteiger partial charge in [-0.3, -0.25) is 9.63 Å². The first-order chi connectivity index (χ1) is 8.22. The van der Waals surface area contributed by atoms with Gasteiger partial charge in [0.2, 0.25) is 0 Å². The molecule has 0 saturated carbocycles. The molecule has 1 aromatic carbocycles. The Kier molecular flexibility index (Phi) is 3.64. The van der Waals surface area contributed by atoms with E-state index in [1.54, 1.807) is 7.11 Å². The van der Waals surface area contributed by atoms with Crippen molar-refractivity contribution in [1.29, 1.82) is 0 Å². The van der Waals surface area contributed by atoms with Gasteiger partial charge in [0.1, 0.15) is 5.75 Å². The molecule has 0 unspecified atom stereocenters. The van der Waals surface area contributed by atoms with Gasteiger partial charge in [-0.15, -0.1) is 0 Å². The Labute approximate surface area is 101 Å². The molecule has 1 aliphatic heterocycles. The van der Waals surface area contributed by atoms with Crippen LogP contribution in [0.25, 0.3) is 0 Å². The molecule has 0 radical (unpaired) electrons. The molecule has 0 N–H and O–H groups in total. The Bertz CT molecular complexity index is 411. The lowest BCUT2D eigenvalue weighted by Gasteiger charge is -2.26. The van der Waals surface area contributed by atoms with E-state index in [4.69, 9.17) is 9.57 Å².